The van der Waals surface area contributed by atoms with E-state index in [0.29, 0.717) is 0 Å². The van der Waals surface area contributed by atoms with E-state index in [-0.39, 0.29) is 54.1 Å². The van der Waals surface area contributed by atoms with Crippen molar-refractivity contribution in [2.45, 2.75) is 268 Å². The van der Waals surface area contributed by atoms with Gasteiger partial charge in [0.05, 0.1) is 78.9 Å². The first kappa shape index (κ1) is 103. The molecule has 0 atom stereocenters. The maximum Gasteiger partial charge on any atom is 0.155 e. The number of nitrogens with zero attached hydrogens (tertiary/aromatic N) is 16. The SMILES string of the molecule is CC(C)(C)c1ccc2c(c1)C=NC2.CC(C)(C)c1ccc2cccnc2c1.CC(C)(C)c1ccc2nc[nH]c2c1.CC(C)(C)c1ccc2ncccc2c1.CC(C)(C)c1ccc2nccn2c1.CC(C)(C)c1ccc2nccnc2c1.CC(C)(C)c1ccc2ncncc2c1.CC(C)(C)c1ccc2ncnn2c1.CC(C)(C)c1ccc2ncsc2c1.Cn1ncc2ccc(C(C)(C)C)cc21. The third kappa shape index (κ3) is 28.8. The Hall–Kier alpha value is -12.9. The highest BCUT2D eigenvalue weighted by Crippen LogP contribution is 2.34. The average Bonchev–Trinajstić information content (AvgIpc) is 1.72. The average molecular weight is 1820 g/mol. The lowest BCUT2D eigenvalue weighted by Crippen LogP contribution is -2.12. The fraction of sp³-hybridized carbons (Fsp3) is 0.359. The fourth-order valence-electron chi connectivity index (χ4n) is 14.5. The number of benzene rings is 8. The van der Waals surface area contributed by atoms with Gasteiger partial charge in [-0.1, -0.05) is 299 Å². The van der Waals surface area contributed by atoms with E-state index in [4.69, 9.17) is 0 Å². The van der Waals surface area contributed by atoms with Gasteiger partial charge >= 0.3 is 0 Å². The van der Waals surface area contributed by atoms with Crippen LogP contribution in [0, 0.1) is 0 Å². The number of aryl methyl sites for hydroxylation is 1. The summed E-state index contributed by atoms with van der Waals surface area (Å²) in [4.78, 5) is 49.5. The first-order valence-corrected chi connectivity index (χ1v) is 47.7. The number of hydrogen-bond donors (Lipinski definition) is 1. The maximum absolute atomic E-state index is 4.36. The minimum absolute atomic E-state index is 0.167. The molecule has 19 aromatic rings. The summed E-state index contributed by atoms with van der Waals surface area (Å²) in [5.41, 5.74) is 31.4. The van der Waals surface area contributed by atoms with E-state index in [1.165, 1.54) is 93.1 Å². The smallest absolute Gasteiger partial charge is 0.155 e. The van der Waals surface area contributed by atoms with Crippen LogP contribution < -0.4 is 0 Å². The standard InChI is InChI=1S/2C13H15N.C12H16N2.2C12H14N2.C12H15N.2C11H14N2.C11H13NS.C10H13N3/c1-13(2,3)11-6-7-12-10(9-11)5-4-8-14-12;1-13(2,3)11-7-6-10-5-4-8-14-12(10)9-11;1-12(2,3)10-6-5-9-8-13-14(4)11(9)7-10;1-12(2,3)10-4-5-11-9(6-10)7-13-8-14-11;1-12(2,3)9-4-5-10-11(8-9)14-7-6-13-10;1-12(2,3)11-5-4-9-7-13-8-10(9)6-11;1-11(2,3)8-4-5-9-10(6-8)13-7-12-9;1-11(2,3)9-4-5-10-12-6-7-13(10)8-9;1-11(2,3)8-4-5-9-10(6-8)13-7-12-9;1-10(2,3)8-4-5-9-11-7-12-13(9)6-8/h2*4-9H,1-3H3;5-8H,1-4H3;2*4-8H,1-3H3;4-6,8H,7H2,1-3H3;4-7H,1-3H3,(H,12,13);4-8H,1-3H3;2*4-7H,1-3H3. The minimum Gasteiger partial charge on any atom is -0.345 e. The Kier molecular flexibility index (Phi) is 32.2. The van der Waals surface area contributed by atoms with E-state index in [9.17, 15) is 0 Å². The molecule has 0 amide bonds. The summed E-state index contributed by atoms with van der Waals surface area (Å²) in [6, 6.07) is 68.2. The van der Waals surface area contributed by atoms with Crippen LogP contribution in [-0.4, -0.2) is 84.8 Å². The predicted molar refractivity (Wildman–Crippen MR) is 572 cm³/mol. The largest absolute Gasteiger partial charge is 0.345 e. The Morgan fingerprint density at radius 2 is 0.770 bits per heavy atom. The first-order valence-electron chi connectivity index (χ1n) is 46.8. The molecule has 1 aliphatic heterocycles. The van der Waals surface area contributed by atoms with Crippen molar-refractivity contribution < 1.29 is 0 Å². The molecule has 18 heteroatoms. The van der Waals surface area contributed by atoms with Gasteiger partial charge in [0.2, 0.25) is 0 Å². The van der Waals surface area contributed by atoms with Gasteiger partial charge in [-0.15, -0.1) is 11.3 Å². The van der Waals surface area contributed by atoms with Crippen LogP contribution in [0.2, 0.25) is 0 Å². The van der Waals surface area contributed by atoms with E-state index in [1.807, 2.05) is 91.1 Å². The Labute approximate surface area is 805 Å². The Balaban J connectivity index is 0.000000144. The number of hydrogen-bond acceptors (Lipinski definition) is 14. The van der Waals surface area contributed by atoms with E-state index in [1.54, 1.807) is 47.2 Å². The number of H-pyrrole nitrogens is 1. The molecule has 0 saturated carbocycles. The van der Waals surface area contributed by atoms with Crippen LogP contribution in [0.4, 0.5) is 0 Å². The van der Waals surface area contributed by atoms with Crippen LogP contribution in [0.15, 0.2) is 286 Å². The third-order valence-electron chi connectivity index (χ3n) is 23.6. The number of imidazole rings is 2. The highest BCUT2D eigenvalue weighted by molar-refractivity contribution is 7.16. The summed E-state index contributed by atoms with van der Waals surface area (Å²) in [6.07, 6.45) is 25.7. The van der Waals surface area contributed by atoms with Crippen molar-refractivity contribution in [2.24, 2.45) is 12.0 Å². The molecule has 0 unspecified atom stereocenters. The molecule has 12 heterocycles. The molecule has 0 radical (unpaired) electrons. The van der Waals surface area contributed by atoms with Crippen LogP contribution >= 0.6 is 11.3 Å². The summed E-state index contributed by atoms with van der Waals surface area (Å²) in [6.45, 7) is 67.3. The Morgan fingerprint density at radius 3 is 1.38 bits per heavy atom. The van der Waals surface area contributed by atoms with Gasteiger partial charge in [-0.2, -0.15) is 10.2 Å². The number of rotatable bonds is 0. The predicted octanol–water partition coefficient (Wildman–Crippen LogP) is 29.8. The topological polar surface area (TPSA) is 197 Å². The van der Waals surface area contributed by atoms with Gasteiger partial charge < -0.3 is 9.38 Å². The van der Waals surface area contributed by atoms with Gasteiger partial charge in [0, 0.05) is 90.6 Å². The first-order chi connectivity index (χ1) is 63.1. The molecule has 11 aromatic heterocycles. The van der Waals surface area contributed by atoms with Gasteiger partial charge in [-0.05, 0) is 224 Å². The summed E-state index contributed by atoms with van der Waals surface area (Å²) >= 11 is 1.71. The molecule has 8 aromatic carbocycles. The monoisotopic (exact) mass is 1820 g/mol. The van der Waals surface area contributed by atoms with Crippen LogP contribution in [0.3, 0.4) is 0 Å². The van der Waals surface area contributed by atoms with E-state index in [0.717, 1.165) is 67.4 Å². The second-order valence-electron chi connectivity index (χ2n) is 45.1. The van der Waals surface area contributed by atoms with Gasteiger partial charge in [0.15, 0.2) is 5.65 Å². The second-order valence-corrected chi connectivity index (χ2v) is 45.9. The number of nitrogens with one attached hydrogen (secondary N) is 1. The summed E-state index contributed by atoms with van der Waals surface area (Å²) in [5, 5.41) is 13.1. The highest BCUT2D eigenvalue weighted by atomic mass is 32.1. The molecule has 20 rings (SSSR count). The van der Waals surface area contributed by atoms with Crippen LogP contribution in [0.5, 0.6) is 0 Å². The summed E-state index contributed by atoms with van der Waals surface area (Å²) < 4.78 is 7.07. The molecule has 1 N–H and O–H groups in total. The quantitative estimate of drug-likeness (QED) is 0.151. The van der Waals surface area contributed by atoms with Crippen LogP contribution in [0.25, 0.3) is 87.2 Å². The molecule has 0 saturated heterocycles. The molecule has 17 nitrogen and oxygen atoms in total. The molecule has 0 spiro atoms. The Morgan fingerprint density at radius 1 is 0.311 bits per heavy atom. The van der Waals surface area contributed by atoms with Crippen LogP contribution in [-0.2, 0) is 67.7 Å². The van der Waals surface area contributed by atoms with Crippen molar-refractivity contribution in [1.29, 1.82) is 0 Å². The van der Waals surface area contributed by atoms with Gasteiger partial charge in [-0.25, -0.2) is 34.4 Å². The van der Waals surface area contributed by atoms with Crippen molar-refractivity contribution in [3.05, 3.63) is 347 Å². The van der Waals surface area contributed by atoms with Crippen molar-refractivity contribution in [1.82, 2.24) is 78.6 Å². The molecular weight excluding hydrogens is 1680 g/mol. The lowest BCUT2D eigenvalue weighted by molar-refractivity contribution is 0.584. The lowest BCUT2D eigenvalue weighted by Gasteiger charge is -2.19. The molecule has 0 aliphatic carbocycles. The molecule has 135 heavy (non-hydrogen) atoms. The zero-order valence-corrected chi connectivity index (χ0v) is 86.7. The summed E-state index contributed by atoms with van der Waals surface area (Å²) in [7, 11) is 1.98. The van der Waals surface area contributed by atoms with E-state index < -0.39 is 0 Å². The number of aliphatic imine (C=N–C) groups is 1. The lowest BCUT2D eigenvalue weighted by atomic mass is 9.85. The zero-order chi connectivity index (χ0) is 98.4. The fourth-order valence-corrected chi connectivity index (χ4v) is 15.2. The number of aromatic amines is 1. The number of thiazole rings is 1. The van der Waals surface area contributed by atoms with Crippen molar-refractivity contribution in [3.63, 3.8) is 0 Å². The second kappa shape index (κ2) is 42.3. The van der Waals surface area contributed by atoms with E-state index in [2.05, 4.69) is 458 Å². The highest BCUT2D eigenvalue weighted by Gasteiger charge is 2.23. The molecule has 1 aliphatic rings. The molecular formula is C117H143N17S. The van der Waals surface area contributed by atoms with Crippen molar-refractivity contribution in [3.8, 4) is 0 Å². The minimum atomic E-state index is 0.167. The molecule has 702 valence electrons. The number of fused-ring (bicyclic) bond motifs is 10. The molecule has 0 fully saturated rings. The number of pyridine rings is 4. The number of aromatic nitrogens is 16. The maximum atomic E-state index is 4.36. The summed E-state index contributed by atoms with van der Waals surface area (Å²) in [5.74, 6) is 0. The normalized spacial score (nSPS) is 12.3. The Bertz CT molecular complexity index is 6470. The third-order valence-corrected chi connectivity index (χ3v) is 24.4. The zero-order valence-electron chi connectivity index (χ0n) is 85.9. The molecule has 0 bridgehead atoms. The van der Waals surface area contributed by atoms with Gasteiger partial charge in [0.25, 0.3) is 0 Å². The van der Waals surface area contributed by atoms with Gasteiger partial charge in [-0.3, -0.25) is 29.6 Å². The van der Waals surface area contributed by atoms with Crippen molar-refractivity contribution >= 4 is 105 Å². The van der Waals surface area contributed by atoms with Crippen molar-refractivity contribution in [2.75, 3.05) is 0 Å². The van der Waals surface area contributed by atoms with Gasteiger partial charge in [0.1, 0.15) is 18.3 Å². The van der Waals surface area contributed by atoms with Crippen LogP contribution in [0.1, 0.15) is 274 Å². The van der Waals surface area contributed by atoms with E-state index >= 15 is 0 Å².